The van der Waals surface area contributed by atoms with Crippen LogP contribution in [-0.2, 0) is 9.59 Å². The molecule has 0 aliphatic heterocycles. The largest absolute Gasteiger partial charge is 0.290 e. The zero-order valence-electron chi connectivity index (χ0n) is 12.1. The van der Waals surface area contributed by atoms with E-state index in [9.17, 15) is 9.59 Å². The van der Waals surface area contributed by atoms with E-state index in [1.165, 1.54) is 11.6 Å². The van der Waals surface area contributed by atoms with Crippen molar-refractivity contribution in [2.75, 3.05) is 0 Å². The average Bonchev–Trinajstić information content (AvgIpc) is 2.25. The monoisotopic (exact) mass is 248 g/mol. The molecule has 1 atom stereocenters. The lowest BCUT2D eigenvalue weighted by Gasteiger charge is -2.36. The smallest absolute Gasteiger partial charge is 0.221 e. The molecular formula is C16H24O2. The fourth-order valence-corrected chi connectivity index (χ4v) is 2.53. The van der Waals surface area contributed by atoms with Gasteiger partial charge in [0.2, 0.25) is 11.6 Å². The molecule has 0 saturated carbocycles. The fraction of sp³-hybridized carbons (Fsp3) is 0.625. The maximum absolute atomic E-state index is 11.7. The van der Waals surface area contributed by atoms with Crippen molar-refractivity contribution in [2.45, 2.75) is 47.5 Å². The van der Waals surface area contributed by atoms with Crippen LogP contribution in [-0.4, -0.2) is 11.6 Å². The molecule has 0 heterocycles. The first kappa shape index (κ1) is 14.9. The van der Waals surface area contributed by atoms with E-state index in [1.807, 2.05) is 6.08 Å². The second kappa shape index (κ2) is 5.64. The summed E-state index contributed by atoms with van der Waals surface area (Å²) in [5.74, 6) is -0.644. The summed E-state index contributed by atoms with van der Waals surface area (Å²) in [5, 5.41) is 0. The summed E-state index contributed by atoms with van der Waals surface area (Å²) in [7, 11) is 0. The van der Waals surface area contributed by atoms with Crippen molar-refractivity contribution in [1.29, 1.82) is 0 Å². The molecule has 2 heteroatoms. The summed E-state index contributed by atoms with van der Waals surface area (Å²) >= 11 is 0. The van der Waals surface area contributed by atoms with Gasteiger partial charge >= 0.3 is 0 Å². The highest BCUT2D eigenvalue weighted by Crippen LogP contribution is 2.41. The first-order chi connectivity index (χ1) is 8.25. The Hall–Kier alpha value is -1.18. The van der Waals surface area contributed by atoms with Crippen molar-refractivity contribution >= 4 is 11.6 Å². The van der Waals surface area contributed by atoms with E-state index >= 15 is 0 Å². The molecule has 0 saturated heterocycles. The van der Waals surface area contributed by atoms with Gasteiger partial charge in [-0.05, 0) is 31.3 Å². The van der Waals surface area contributed by atoms with Gasteiger partial charge < -0.3 is 0 Å². The van der Waals surface area contributed by atoms with E-state index in [0.717, 1.165) is 12.8 Å². The van der Waals surface area contributed by atoms with Gasteiger partial charge in [-0.1, -0.05) is 45.4 Å². The molecule has 0 aromatic heterocycles. The van der Waals surface area contributed by atoms with E-state index in [1.54, 1.807) is 13.8 Å². The molecule has 0 aromatic carbocycles. The van der Waals surface area contributed by atoms with Crippen LogP contribution in [0.2, 0.25) is 0 Å². The minimum atomic E-state index is -0.376. The Morgan fingerprint density at radius 3 is 2.50 bits per heavy atom. The number of carbonyl (C=O) groups is 2. The third-order valence-corrected chi connectivity index (χ3v) is 3.79. The molecule has 0 aromatic rings. The molecule has 1 rings (SSSR count). The van der Waals surface area contributed by atoms with Gasteiger partial charge in [-0.3, -0.25) is 9.59 Å². The molecule has 2 nitrogen and oxygen atoms in total. The summed E-state index contributed by atoms with van der Waals surface area (Å²) < 4.78 is 0. The van der Waals surface area contributed by atoms with Crippen LogP contribution in [0.15, 0.2) is 23.8 Å². The second-order valence-corrected chi connectivity index (χ2v) is 6.20. The summed E-state index contributed by atoms with van der Waals surface area (Å²) in [6, 6.07) is 0. The maximum Gasteiger partial charge on any atom is 0.221 e. The Bertz CT molecular complexity index is 397. The van der Waals surface area contributed by atoms with Crippen LogP contribution in [0.3, 0.4) is 0 Å². The lowest BCUT2D eigenvalue weighted by molar-refractivity contribution is -0.135. The molecule has 1 unspecified atom stereocenters. The lowest BCUT2D eigenvalue weighted by Crippen LogP contribution is -2.27. The number of hydrogen-bond donors (Lipinski definition) is 0. The predicted octanol–water partition coefficient (Wildman–Crippen LogP) is 3.72. The van der Waals surface area contributed by atoms with Crippen LogP contribution < -0.4 is 0 Å². The quantitative estimate of drug-likeness (QED) is 0.431. The highest BCUT2D eigenvalue weighted by molar-refractivity contribution is 6.42. The summed E-state index contributed by atoms with van der Waals surface area (Å²) in [6.07, 6.45) is 7.83. The normalized spacial score (nSPS) is 23.2. The van der Waals surface area contributed by atoms with Gasteiger partial charge in [0.1, 0.15) is 0 Å². The van der Waals surface area contributed by atoms with Gasteiger partial charge in [-0.25, -0.2) is 0 Å². The third-order valence-electron chi connectivity index (χ3n) is 3.79. The Morgan fingerprint density at radius 1 is 1.39 bits per heavy atom. The van der Waals surface area contributed by atoms with E-state index in [2.05, 4.69) is 26.8 Å². The molecule has 0 fully saturated rings. The zero-order chi connectivity index (χ0) is 13.9. The highest BCUT2D eigenvalue weighted by atomic mass is 16.2. The van der Waals surface area contributed by atoms with Gasteiger partial charge in [-0.2, -0.15) is 0 Å². The van der Waals surface area contributed by atoms with Gasteiger partial charge in [0.05, 0.1) is 0 Å². The summed E-state index contributed by atoms with van der Waals surface area (Å²) in [4.78, 5) is 23.2. The van der Waals surface area contributed by atoms with Crippen molar-refractivity contribution < 1.29 is 9.59 Å². The van der Waals surface area contributed by atoms with Crippen molar-refractivity contribution in [1.82, 2.24) is 0 Å². The SMILES string of the molecule is CC1=CCCC(C)(C)C1C=CC(=O)C(=O)C(C)C. The molecule has 100 valence electrons. The van der Waals surface area contributed by atoms with Crippen LogP contribution in [0.5, 0.6) is 0 Å². The molecule has 0 N–H and O–H groups in total. The van der Waals surface area contributed by atoms with Crippen molar-refractivity contribution in [3.63, 3.8) is 0 Å². The van der Waals surface area contributed by atoms with Crippen molar-refractivity contribution in [3.05, 3.63) is 23.8 Å². The Morgan fingerprint density at radius 2 is 2.00 bits per heavy atom. The standard InChI is InChI=1S/C16H24O2/c1-11(2)15(18)14(17)9-8-13-12(3)7-6-10-16(13,4)5/h7-9,11,13H,6,10H2,1-5H3. The summed E-state index contributed by atoms with van der Waals surface area (Å²) in [6.45, 7) is 10.0. The van der Waals surface area contributed by atoms with Gasteiger partial charge in [-0.15, -0.1) is 0 Å². The molecule has 1 aliphatic rings. The number of hydrogen-bond acceptors (Lipinski definition) is 2. The first-order valence-corrected chi connectivity index (χ1v) is 6.68. The molecule has 0 spiro atoms. The zero-order valence-corrected chi connectivity index (χ0v) is 12.1. The average molecular weight is 248 g/mol. The number of Topliss-reactive ketones (excluding diaryl/α,β-unsaturated/α-hetero) is 1. The molecule has 0 bridgehead atoms. The third kappa shape index (κ3) is 3.41. The number of allylic oxidation sites excluding steroid dienone is 4. The first-order valence-electron chi connectivity index (χ1n) is 6.68. The predicted molar refractivity (Wildman–Crippen MR) is 74.3 cm³/mol. The van der Waals surface area contributed by atoms with Crippen LogP contribution in [0, 0.1) is 17.3 Å². The summed E-state index contributed by atoms with van der Waals surface area (Å²) in [5.41, 5.74) is 1.46. The van der Waals surface area contributed by atoms with E-state index in [4.69, 9.17) is 0 Å². The molecule has 0 radical (unpaired) electrons. The van der Waals surface area contributed by atoms with Crippen LogP contribution in [0.1, 0.15) is 47.5 Å². The lowest BCUT2D eigenvalue weighted by atomic mass is 9.68. The minimum absolute atomic E-state index is 0.163. The fourth-order valence-electron chi connectivity index (χ4n) is 2.53. The van der Waals surface area contributed by atoms with E-state index < -0.39 is 0 Å². The topological polar surface area (TPSA) is 34.1 Å². The molecule has 1 aliphatic carbocycles. The van der Waals surface area contributed by atoms with Gasteiger partial charge in [0.25, 0.3) is 0 Å². The maximum atomic E-state index is 11.7. The van der Waals surface area contributed by atoms with Crippen molar-refractivity contribution in [2.24, 2.45) is 17.3 Å². The van der Waals surface area contributed by atoms with Crippen molar-refractivity contribution in [3.8, 4) is 0 Å². The number of rotatable bonds is 4. The Balaban J connectivity index is 2.83. The second-order valence-electron chi connectivity index (χ2n) is 6.20. The minimum Gasteiger partial charge on any atom is -0.290 e. The number of carbonyl (C=O) groups excluding carboxylic acids is 2. The van der Waals surface area contributed by atoms with E-state index in [-0.39, 0.29) is 28.8 Å². The van der Waals surface area contributed by atoms with Gasteiger partial charge in [0.15, 0.2) is 0 Å². The van der Waals surface area contributed by atoms with Crippen LogP contribution in [0.4, 0.5) is 0 Å². The molecular weight excluding hydrogens is 224 g/mol. The van der Waals surface area contributed by atoms with Crippen LogP contribution >= 0.6 is 0 Å². The molecule has 0 amide bonds. The molecule has 18 heavy (non-hydrogen) atoms. The highest BCUT2D eigenvalue weighted by Gasteiger charge is 2.31. The van der Waals surface area contributed by atoms with E-state index in [0.29, 0.717) is 0 Å². The van der Waals surface area contributed by atoms with Crippen LogP contribution in [0.25, 0.3) is 0 Å². The van der Waals surface area contributed by atoms with Gasteiger partial charge in [0, 0.05) is 11.8 Å². The Labute approximate surface area is 110 Å². The number of ketones is 2. The Kier molecular flexibility index (Phi) is 4.66.